The molecule has 1 saturated heterocycles. The standard InChI is InChI=1S/C10H14N2/c1-12-7-3-5-10(12)9-4-2-6-11-8-9/h2,6,8H,3-5,7H2,1H3/b10-9-. The molecular weight excluding hydrogens is 148 g/mol. The van der Waals surface area contributed by atoms with Gasteiger partial charge in [-0.15, -0.1) is 0 Å². The molecule has 0 aromatic heterocycles. The van der Waals surface area contributed by atoms with E-state index in [0.29, 0.717) is 0 Å². The Labute approximate surface area is 73.3 Å². The highest BCUT2D eigenvalue weighted by molar-refractivity contribution is 5.81. The Balaban J connectivity index is 2.24. The number of hydrogen-bond acceptors (Lipinski definition) is 2. The average molecular weight is 162 g/mol. The van der Waals surface area contributed by atoms with Gasteiger partial charge in [0.2, 0.25) is 0 Å². The van der Waals surface area contributed by atoms with Gasteiger partial charge >= 0.3 is 0 Å². The molecule has 0 unspecified atom stereocenters. The molecule has 0 N–H and O–H groups in total. The third kappa shape index (κ3) is 1.29. The van der Waals surface area contributed by atoms with Crippen LogP contribution in [0.3, 0.4) is 0 Å². The van der Waals surface area contributed by atoms with Crippen LogP contribution in [0.2, 0.25) is 0 Å². The van der Waals surface area contributed by atoms with Crippen molar-refractivity contribution < 1.29 is 0 Å². The van der Waals surface area contributed by atoms with Crippen LogP contribution >= 0.6 is 0 Å². The zero-order valence-electron chi connectivity index (χ0n) is 7.45. The summed E-state index contributed by atoms with van der Waals surface area (Å²) in [6.07, 6.45) is 9.58. The van der Waals surface area contributed by atoms with Gasteiger partial charge in [-0.25, -0.2) is 0 Å². The van der Waals surface area contributed by atoms with Gasteiger partial charge < -0.3 is 4.90 Å². The van der Waals surface area contributed by atoms with Gasteiger partial charge in [-0.2, -0.15) is 0 Å². The third-order valence-electron chi connectivity index (χ3n) is 2.50. The zero-order chi connectivity index (χ0) is 8.39. The molecule has 0 aromatic carbocycles. The van der Waals surface area contributed by atoms with E-state index in [2.05, 4.69) is 23.0 Å². The summed E-state index contributed by atoms with van der Waals surface area (Å²) in [6, 6.07) is 0. The van der Waals surface area contributed by atoms with E-state index in [1.807, 2.05) is 12.4 Å². The van der Waals surface area contributed by atoms with Crippen LogP contribution in [0.5, 0.6) is 0 Å². The second-order valence-corrected chi connectivity index (χ2v) is 3.36. The molecule has 2 aliphatic heterocycles. The molecule has 2 rings (SSSR count). The molecule has 2 heteroatoms. The molecule has 12 heavy (non-hydrogen) atoms. The number of likely N-dealkylation sites (tertiary alicyclic amines) is 1. The lowest BCUT2D eigenvalue weighted by molar-refractivity contribution is 0.477. The lowest BCUT2D eigenvalue weighted by Gasteiger charge is -2.16. The Hall–Kier alpha value is -1.05. The molecular formula is C10H14N2. The molecule has 2 aliphatic rings. The fourth-order valence-electron chi connectivity index (χ4n) is 1.83. The van der Waals surface area contributed by atoms with Gasteiger partial charge in [0.15, 0.2) is 0 Å². The van der Waals surface area contributed by atoms with E-state index in [1.54, 1.807) is 0 Å². The molecule has 2 nitrogen and oxygen atoms in total. The van der Waals surface area contributed by atoms with E-state index < -0.39 is 0 Å². The number of nitrogens with zero attached hydrogens (tertiary/aromatic N) is 2. The molecule has 0 spiro atoms. The van der Waals surface area contributed by atoms with Crippen molar-refractivity contribution in [1.29, 1.82) is 0 Å². The summed E-state index contributed by atoms with van der Waals surface area (Å²) < 4.78 is 0. The predicted octanol–water partition coefficient (Wildman–Crippen LogP) is 1.95. The summed E-state index contributed by atoms with van der Waals surface area (Å²) in [4.78, 5) is 6.50. The van der Waals surface area contributed by atoms with E-state index in [9.17, 15) is 0 Å². The highest BCUT2D eigenvalue weighted by atomic mass is 15.1. The van der Waals surface area contributed by atoms with Gasteiger partial charge in [-0.05, 0) is 24.8 Å². The maximum absolute atomic E-state index is 4.15. The maximum atomic E-state index is 4.15. The van der Waals surface area contributed by atoms with Crippen LogP contribution in [0.15, 0.2) is 28.5 Å². The first kappa shape index (κ1) is 7.59. The summed E-state index contributed by atoms with van der Waals surface area (Å²) in [5.74, 6) is 0. The minimum absolute atomic E-state index is 1.06. The van der Waals surface area contributed by atoms with E-state index in [1.165, 1.54) is 30.7 Å². The van der Waals surface area contributed by atoms with Crippen molar-refractivity contribution in [3.05, 3.63) is 23.5 Å². The fraction of sp³-hybridized carbons (Fsp3) is 0.500. The van der Waals surface area contributed by atoms with Gasteiger partial charge in [0.25, 0.3) is 0 Å². The quantitative estimate of drug-likeness (QED) is 0.531. The minimum Gasteiger partial charge on any atom is -0.378 e. The first-order valence-electron chi connectivity index (χ1n) is 4.49. The molecule has 0 amide bonds. The average Bonchev–Trinajstić information content (AvgIpc) is 2.53. The van der Waals surface area contributed by atoms with E-state index in [0.717, 1.165) is 6.42 Å². The number of hydrogen-bond donors (Lipinski definition) is 0. The zero-order valence-corrected chi connectivity index (χ0v) is 7.45. The SMILES string of the molecule is CN1CCC/C1=C1/C=NC=CC1. The Morgan fingerprint density at radius 1 is 1.50 bits per heavy atom. The Kier molecular flexibility index (Phi) is 1.98. The fourth-order valence-corrected chi connectivity index (χ4v) is 1.83. The van der Waals surface area contributed by atoms with Crippen molar-refractivity contribution in [3.63, 3.8) is 0 Å². The largest absolute Gasteiger partial charge is 0.378 e. The van der Waals surface area contributed by atoms with Crippen molar-refractivity contribution in [2.24, 2.45) is 4.99 Å². The smallest absolute Gasteiger partial charge is 0.0320 e. The third-order valence-corrected chi connectivity index (χ3v) is 2.50. The molecule has 0 aliphatic carbocycles. The molecule has 0 saturated carbocycles. The molecule has 0 radical (unpaired) electrons. The monoisotopic (exact) mass is 162 g/mol. The minimum atomic E-state index is 1.06. The number of rotatable bonds is 0. The molecule has 64 valence electrons. The highest BCUT2D eigenvalue weighted by Gasteiger charge is 2.16. The number of aliphatic imine (C=N–C) groups is 1. The summed E-state index contributed by atoms with van der Waals surface area (Å²) in [5, 5.41) is 0. The van der Waals surface area contributed by atoms with Crippen LogP contribution < -0.4 is 0 Å². The Morgan fingerprint density at radius 3 is 3.00 bits per heavy atom. The molecule has 0 atom stereocenters. The second-order valence-electron chi connectivity index (χ2n) is 3.36. The van der Waals surface area contributed by atoms with Crippen LogP contribution in [0.1, 0.15) is 19.3 Å². The van der Waals surface area contributed by atoms with E-state index >= 15 is 0 Å². The van der Waals surface area contributed by atoms with Crippen LogP contribution in [0.25, 0.3) is 0 Å². The molecule has 1 fully saturated rings. The Morgan fingerprint density at radius 2 is 2.42 bits per heavy atom. The summed E-state index contributed by atoms with van der Waals surface area (Å²) in [6.45, 7) is 1.20. The normalized spacial score (nSPS) is 28.6. The van der Waals surface area contributed by atoms with Crippen LogP contribution in [0.4, 0.5) is 0 Å². The van der Waals surface area contributed by atoms with Gasteiger partial charge in [0.05, 0.1) is 0 Å². The van der Waals surface area contributed by atoms with Crippen LogP contribution in [-0.2, 0) is 0 Å². The lowest BCUT2D eigenvalue weighted by atomic mass is 10.1. The van der Waals surface area contributed by atoms with Crippen molar-refractivity contribution in [3.8, 4) is 0 Å². The van der Waals surface area contributed by atoms with E-state index in [4.69, 9.17) is 0 Å². The maximum Gasteiger partial charge on any atom is 0.0320 e. The van der Waals surface area contributed by atoms with Crippen LogP contribution in [0, 0.1) is 0 Å². The van der Waals surface area contributed by atoms with Crippen LogP contribution in [-0.4, -0.2) is 24.7 Å². The first-order valence-corrected chi connectivity index (χ1v) is 4.49. The van der Waals surface area contributed by atoms with Crippen molar-refractivity contribution in [2.45, 2.75) is 19.3 Å². The second kappa shape index (κ2) is 3.13. The Bertz CT molecular complexity index is 261. The molecule has 0 bridgehead atoms. The molecule has 0 aromatic rings. The predicted molar refractivity (Wildman–Crippen MR) is 51.1 cm³/mol. The summed E-state index contributed by atoms with van der Waals surface area (Å²) >= 11 is 0. The van der Waals surface area contributed by atoms with E-state index in [-0.39, 0.29) is 0 Å². The number of allylic oxidation sites excluding steroid dienone is 3. The van der Waals surface area contributed by atoms with Crippen molar-refractivity contribution in [1.82, 2.24) is 4.90 Å². The van der Waals surface area contributed by atoms with Gasteiger partial charge in [-0.1, -0.05) is 6.08 Å². The first-order chi connectivity index (χ1) is 5.88. The van der Waals surface area contributed by atoms with Gasteiger partial charge in [-0.3, -0.25) is 4.99 Å². The lowest BCUT2D eigenvalue weighted by Crippen LogP contribution is -2.13. The topological polar surface area (TPSA) is 15.6 Å². The van der Waals surface area contributed by atoms with Crippen molar-refractivity contribution >= 4 is 6.21 Å². The highest BCUT2D eigenvalue weighted by Crippen LogP contribution is 2.24. The summed E-state index contributed by atoms with van der Waals surface area (Å²) in [5.41, 5.74) is 2.89. The van der Waals surface area contributed by atoms with Gasteiger partial charge in [0.1, 0.15) is 0 Å². The summed E-state index contributed by atoms with van der Waals surface area (Å²) in [7, 11) is 2.17. The van der Waals surface area contributed by atoms with Gasteiger partial charge in [0, 0.05) is 31.7 Å². The molecule has 2 heterocycles. The van der Waals surface area contributed by atoms with Crippen molar-refractivity contribution in [2.75, 3.05) is 13.6 Å².